The van der Waals surface area contributed by atoms with Gasteiger partial charge in [0.2, 0.25) is 11.7 Å². The molecule has 23 heavy (non-hydrogen) atoms. The predicted molar refractivity (Wildman–Crippen MR) is 80.0 cm³/mol. The fourth-order valence-corrected chi connectivity index (χ4v) is 1.96. The smallest absolute Gasteiger partial charge is 0.251 e. The van der Waals surface area contributed by atoms with Crippen molar-refractivity contribution in [3.05, 3.63) is 66.1 Å². The number of hydrogen-bond acceptors (Lipinski definition) is 5. The lowest BCUT2D eigenvalue weighted by molar-refractivity contribution is 0.0953. The Kier molecular flexibility index (Phi) is 4.37. The molecule has 0 radical (unpaired) electrons. The summed E-state index contributed by atoms with van der Waals surface area (Å²) in [6.07, 6.45) is 3.52. The second kappa shape index (κ2) is 6.78. The highest BCUT2D eigenvalue weighted by Gasteiger charge is 2.10. The zero-order valence-electron chi connectivity index (χ0n) is 12.1. The zero-order chi connectivity index (χ0) is 16.1. The van der Waals surface area contributed by atoms with Crippen LogP contribution in [-0.2, 0) is 6.42 Å². The quantitative estimate of drug-likeness (QED) is 0.781. The predicted octanol–water partition coefficient (Wildman–Crippen LogP) is 2.24. The van der Waals surface area contributed by atoms with Crippen LogP contribution in [0.5, 0.6) is 0 Å². The van der Waals surface area contributed by atoms with Crippen molar-refractivity contribution in [3.8, 4) is 11.4 Å². The minimum atomic E-state index is -0.323. The lowest BCUT2D eigenvalue weighted by atomic mass is 10.2. The molecule has 1 amide bonds. The fraction of sp³-hybridized carbons (Fsp3) is 0.125. The molecule has 2 aromatic heterocycles. The molecule has 0 saturated heterocycles. The van der Waals surface area contributed by atoms with Crippen molar-refractivity contribution in [2.75, 3.05) is 6.54 Å². The number of carbonyl (C=O) groups excluding carboxylic acids is 1. The van der Waals surface area contributed by atoms with E-state index in [2.05, 4.69) is 20.4 Å². The number of amides is 1. The molecule has 0 atom stereocenters. The Bertz CT molecular complexity index is 787. The van der Waals surface area contributed by atoms with Crippen LogP contribution in [0.2, 0.25) is 0 Å². The molecule has 0 saturated carbocycles. The summed E-state index contributed by atoms with van der Waals surface area (Å²) >= 11 is 0. The van der Waals surface area contributed by atoms with Gasteiger partial charge in [0, 0.05) is 36.5 Å². The van der Waals surface area contributed by atoms with Crippen LogP contribution in [0.3, 0.4) is 0 Å². The molecule has 0 aliphatic rings. The number of aromatic nitrogens is 3. The molecule has 0 aliphatic carbocycles. The van der Waals surface area contributed by atoms with Gasteiger partial charge < -0.3 is 9.84 Å². The van der Waals surface area contributed by atoms with E-state index >= 15 is 0 Å². The lowest BCUT2D eigenvalue weighted by Gasteiger charge is -2.02. The van der Waals surface area contributed by atoms with Crippen LogP contribution >= 0.6 is 0 Å². The van der Waals surface area contributed by atoms with E-state index in [0.717, 1.165) is 0 Å². The fourth-order valence-electron chi connectivity index (χ4n) is 1.96. The van der Waals surface area contributed by atoms with Gasteiger partial charge in [-0.1, -0.05) is 5.16 Å². The summed E-state index contributed by atoms with van der Waals surface area (Å²) in [5, 5.41) is 6.60. The van der Waals surface area contributed by atoms with Gasteiger partial charge in [0.05, 0.1) is 0 Å². The van der Waals surface area contributed by atoms with E-state index in [-0.39, 0.29) is 11.7 Å². The summed E-state index contributed by atoms with van der Waals surface area (Å²) in [7, 11) is 0. The van der Waals surface area contributed by atoms with Gasteiger partial charge in [-0.3, -0.25) is 9.78 Å². The SMILES string of the molecule is O=C(NCCc1nc(-c2ccc(F)cc2)no1)c1ccncc1. The summed E-state index contributed by atoms with van der Waals surface area (Å²) in [5.41, 5.74) is 1.21. The molecule has 0 spiro atoms. The number of nitrogens with zero attached hydrogens (tertiary/aromatic N) is 3. The first kappa shape index (κ1) is 14.8. The third-order valence-corrected chi connectivity index (χ3v) is 3.14. The summed E-state index contributed by atoms with van der Waals surface area (Å²) in [6, 6.07) is 9.09. The first-order chi connectivity index (χ1) is 11.2. The van der Waals surface area contributed by atoms with Crippen molar-refractivity contribution in [2.45, 2.75) is 6.42 Å². The van der Waals surface area contributed by atoms with Gasteiger partial charge in [-0.2, -0.15) is 4.98 Å². The summed E-state index contributed by atoms with van der Waals surface area (Å²) in [5.74, 6) is 0.279. The maximum Gasteiger partial charge on any atom is 0.251 e. The zero-order valence-corrected chi connectivity index (χ0v) is 12.1. The highest BCUT2D eigenvalue weighted by atomic mass is 19.1. The lowest BCUT2D eigenvalue weighted by Crippen LogP contribution is -2.25. The number of rotatable bonds is 5. The van der Waals surface area contributed by atoms with E-state index in [1.807, 2.05) is 0 Å². The monoisotopic (exact) mass is 312 g/mol. The number of nitrogens with one attached hydrogen (secondary N) is 1. The molecule has 116 valence electrons. The van der Waals surface area contributed by atoms with Crippen LogP contribution in [0, 0.1) is 5.82 Å². The normalized spacial score (nSPS) is 10.5. The van der Waals surface area contributed by atoms with Crippen molar-refractivity contribution in [3.63, 3.8) is 0 Å². The largest absolute Gasteiger partial charge is 0.352 e. The van der Waals surface area contributed by atoms with Gasteiger partial charge in [-0.05, 0) is 36.4 Å². The van der Waals surface area contributed by atoms with E-state index in [1.54, 1.807) is 36.7 Å². The average Bonchev–Trinajstić information content (AvgIpc) is 3.05. The Morgan fingerprint density at radius 3 is 2.61 bits per heavy atom. The van der Waals surface area contributed by atoms with Gasteiger partial charge in [0.25, 0.3) is 5.91 Å². The van der Waals surface area contributed by atoms with E-state index in [4.69, 9.17) is 4.52 Å². The summed E-state index contributed by atoms with van der Waals surface area (Å²) in [6.45, 7) is 0.367. The molecule has 0 unspecified atom stereocenters. The third-order valence-electron chi connectivity index (χ3n) is 3.14. The Morgan fingerprint density at radius 2 is 1.87 bits per heavy atom. The molecule has 0 aliphatic heterocycles. The highest BCUT2D eigenvalue weighted by molar-refractivity contribution is 5.93. The summed E-state index contributed by atoms with van der Waals surface area (Å²) < 4.78 is 18.0. The number of carbonyl (C=O) groups is 1. The molecule has 6 nitrogen and oxygen atoms in total. The van der Waals surface area contributed by atoms with Crippen LogP contribution in [0.1, 0.15) is 16.2 Å². The minimum absolute atomic E-state index is 0.189. The number of benzene rings is 1. The molecular weight excluding hydrogens is 299 g/mol. The van der Waals surface area contributed by atoms with E-state index in [1.165, 1.54) is 12.1 Å². The van der Waals surface area contributed by atoms with Crippen molar-refractivity contribution in [2.24, 2.45) is 0 Å². The maximum atomic E-state index is 12.9. The molecule has 0 bridgehead atoms. The number of pyridine rings is 1. The highest BCUT2D eigenvalue weighted by Crippen LogP contribution is 2.16. The Balaban J connectivity index is 1.55. The minimum Gasteiger partial charge on any atom is -0.352 e. The van der Waals surface area contributed by atoms with Crippen molar-refractivity contribution in [1.82, 2.24) is 20.4 Å². The first-order valence-electron chi connectivity index (χ1n) is 6.99. The Morgan fingerprint density at radius 1 is 1.13 bits per heavy atom. The van der Waals surface area contributed by atoms with Gasteiger partial charge >= 0.3 is 0 Å². The van der Waals surface area contributed by atoms with E-state index < -0.39 is 0 Å². The topological polar surface area (TPSA) is 80.9 Å². The number of halogens is 1. The second-order valence-electron chi connectivity index (χ2n) is 4.76. The van der Waals surface area contributed by atoms with Crippen molar-refractivity contribution in [1.29, 1.82) is 0 Å². The molecule has 1 N–H and O–H groups in total. The molecule has 3 aromatic rings. The Labute approximate surface area is 131 Å². The van der Waals surface area contributed by atoms with Crippen LogP contribution in [0.25, 0.3) is 11.4 Å². The van der Waals surface area contributed by atoms with Crippen LogP contribution in [-0.4, -0.2) is 27.6 Å². The average molecular weight is 312 g/mol. The summed E-state index contributed by atoms with van der Waals surface area (Å²) in [4.78, 5) is 19.9. The van der Waals surface area contributed by atoms with Crippen LogP contribution in [0.15, 0.2) is 53.3 Å². The standard InChI is InChI=1S/C16H13FN4O2/c17-13-3-1-11(2-4-13)15-20-14(23-21-15)7-10-19-16(22)12-5-8-18-9-6-12/h1-6,8-9H,7,10H2,(H,19,22). The third kappa shape index (κ3) is 3.76. The van der Waals surface area contributed by atoms with Crippen LogP contribution < -0.4 is 5.32 Å². The molecule has 2 heterocycles. The molecule has 7 heteroatoms. The molecule has 1 aromatic carbocycles. The second-order valence-corrected chi connectivity index (χ2v) is 4.76. The Hall–Kier alpha value is -3.09. The number of hydrogen-bond donors (Lipinski definition) is 1. The van der Waals surface area contributed by atoms with Gasteiger partial charge in [-0.25, -0.2) is 4.39 Å². The van der Waals surface area contributed by atoms with Gasteiger partial charge in [0.15, 0.2) is 0 Å². The molecule has 3 rings (SSSR count). The first-order valence-corrected chi connectivity index (χ1v) is 6.99. The molecular formula is C16H13FN4O2. The van der Waals surface area contributed by atoms with Gasteiger partial charge in [-0.15, -0.1) is 0 Å². The van der Waals surface area contributed by atoms with Gasteiger partial charge in [0.1, 0.15) is 5.82 Å². The van der Waals surface area contributed by atoms with E-state index in [0.29, 0.717) is 35.8 Å². The van der Waals surface area contributed by atoms with Crippen LogP contribution in [0.4, 0.5) is 4.39 Å². The molecule has 0 fully saturated rings. The maximum absolute atomic E-state index is 12.9. The van der Waals surface area contributed by atoms with Crippen molar-refractivity contribution >= 4 is 5.91 Å². The van der Waals surface area contributed by atoms with E-state index in [9.17, 15) is 9.18 Å². The van der Waals surface area contributed by atoms with Crippen molar-refractivity contribution < 1.29 is 13.7 Å².